The van der Waals surface area contributed by atoms with Crippen LogP contribution in [-0.4, -0.2) is 16.6 Å². The maximum absolute atomic E-state index is 12.5. The monoisotopic (exact) mass is 384 g/mol. The lowest BCUT2D eigenvalue weighted by molar-refractivity contribution is -0.119. The van der Waals surface area contributed by atoms with E-state index in [9.17, 15) is 9.90 Å². The second kappa shape index (κ2) is 10.1. The Morgan fingerprint density at radius 3 is 2.77 bits per heavy atom. The molecule has 4 heteroatoms. The Morgan fingerprint density at radius 2 is 2.09 bits per heavy atom. The molecule has 1 N–H and O–H groups in total. The minimum Gasteiger partial charge on any atom is -0.513 e. The molecule has 0 aromatic rings. The molecule has 1 aliphatic heterocycles. The third-order valence-corrected chi connectivity index (χ3v) is 5.28. The summed E-state index contributed by atoms with van der Waals surface area (Å²) in [4.78, 5) is 12.5. The van der Waals surface area contributed by atoms with Crippen LogP contribution in [0, 0.1) is 5.92 Å². The van der Waals surface area contributed by atoms with Crippen LogP contribution in [0.2, 0.25) is 0 Å². The predicted molar refractivity (Wildman–Crippen MR) is 100 cm³/mol. The molecule has 0 aromatic heterocycles. The minimum atomic E-state index is -0.0586. The third kappa shape index (κ3) is 6.17. The maximum atomic E-state index is 12.5. The number of ketones is 1. The SMILES string of the molecule is C/C1=C\CC/C(O)=C/CC(CC2=CC(Br)=CSC2)C1=O.CC. The van der Waals surface area contributed by atoms with Crippen LogP contribution in [0.4, 0.5) is 0 Å². The smallest absolute Gasteiger partial charge is 0.161 e. The molecule has 1 atom stereocenters. The van der Waals surface area contributed by atoms with E-state index in [0.29, 0.717) is 18.6 Å². The summed E-state index contributed by atoms with van der Waals surface area (Å²) >= 11 is 5.23. The summed E-state index contributed by atoms with van der Waals surface area (Å²) in [6, 6.07) is 0. The fraction of sp³-hybridized carbons (Fsp3) is 0.500. The molecule has 1 aliphatic carbocycles. The van der Waals surface area contributed by atoms with Crippen molar-refractivity contribution in [2.24, 2.45) is 5.92 Å². The zero-order valence-electron chi connectivity index (χ0n) is 13.6. The van der Waals surface area contributed by atoms with Gasteiger partial charge in [-0.25, -0.2) is 0 Å². The van der Waals surface area contributed by atoms with Gasteiger partial charge in [0.2, 0.25) is 0 Å². The van der Waals surface area contributed by atoms with Crippen molar-refractivity contribution in [1.29, 1.82) is 0 Å². The number of carbonyl (C=O) groups is 1. The van der Waals surface area contributed by atoms with Crippen LogP contribution in [0.25, 0.3) is 0 Å². The number of hydrogen-bond acceptors (Lipinski definition) is 3. The lowest BCUT2D eigenvalue weighted by Gasteiger charge is -2.18. The van der Waals surface area contributed by atoms with Gasteiger partial charge >= 0.3 is 0 Å². The van der Waals surface area contributed by atoms with Gasteiger partial charge in [0.25, 0.3) is 0 Å². The Labute approximate surface area is 146 Å². The van der Waals surface area contributed by atoms with E-state index in [4.69, 9.17) is 0 Å². The Bertz CT molecular complexity index is 515. The van der Waals surface area contributed by atoms with E-state index < -0.39 is 0 Å². The quantitative estimate of drug-likeness (QED) is 0.627. The second-order valence-electron chi connectivity index (χ2n) is 5.24. The van der Waals surface area contributed by atoms with Gasteiger partial charge in [-0.05, 0) is 49.3 Å². The number of aliphatic hydroxyl groups excluding tert-OH is 1. The molecule has 0 amide bonds. The number of hydrogen-bond donors (Lipinski definition) is 1. The average Bonchev–Trinajstić information content (AvgIpc) is 2.57. The molecule has 0 aromatic carbocycles. The highest BCUT2D eigenvalue weighted by Gasteiger charge is 2.22. The zero-order valence-corrected chi connectivity index (χ0v) is 16.0. The van der Waals surface area contributed by atoms with Crippen LogP contribution >= 0.6 is 27.7 Å². The van der Waals surface area contributed by atoms with E-state index in [1.807, 2.05) is 32.9 Å². The van der Waals surface area contributed by atoms with Crippen LogP contribution in [-0.2, 0) is 4.79 Å². The molecule has 22 heavy (non-hydrogen) atoms. The first-order valence-corrected chi connectivity index (χ1v) is 9.66. The first kappa shape index (κ1) is 19.3. The van der Waals surface area contributed by atoms with Gasteiger partial charge in [-0.3, -0.25) is 4.79 Å². The largest absolute Gasteiger partial charge is 0.513 e. The number of rotatable bonds is 2. The normalized spacial score (nSPS) is 27.5. The molecule has 0 saturated heterocycles. The minimum absolute atomic E-state index is 0.0586. The van der Waals surface area contributed by atoms with Gasteiger partial charge in [0.15, 0.2) is 5.78 Å². The van der Waals surface area contributed by atoms with Gasteiger partial charge in [0.1, 0.15) is 0 Å². The summed E-state index contributed by atoms with van der Waals surface area (Å²) in [7, 11) is 0. The number of aliphatic hydroxyl groups is 1. The van der Waals surface area contributed by atoms with Crippen molar-refractivity contribution in [2.75, 3.05) is 5.75 Å². The average molecular weight is 385 g/mol. The Balaban J connectivity index is 0.00000116. The number of halogens is 1. The van der Waals surface area contributed by atoms with Crippen molar-refractivity contribution in [1.82, 2.24) is 0 Å². The standard InChI is InChI=1S/C16H19BrO2S.C2H6/c1-11-3-2-4-15(18)6-5-13(16(11)19)7-12-8-14(17)10-20-9-12;1-2/h3,6,8,10,13,18H,2,4-5,7,9H2,1H3;1-2H3/b11-3+,15-6-;. The Hall–Kier alpha value is -0.740. The molecule has 1 unspecified atom stereocenters. The molecule has 122 valence electrons. The number of allylic oxidation sites excluding steroid dienone is 6. The second-order valence-corrected chi connectivity index (χ2v) is 7.01. The molecular formula is C18H25BrO2S. The van der Waals surface area contributed by atoms with E-state index in [1.54, 1.807) is 11.8 Å². The lowest BCUT2D eigenvalue weighted by Crippen LogP contribution is -2.16. The molecule has 2 nitrogen and oxygen atoms in total. The van der Waals surface area contributed by atoms with E-state index >= 15 is 0 Å². The van der Waals surface area contributed by atoms with Gasteiger partial charge in [-0.15, -0.1) is 11.8 Å². The van der Waals surface area contributed by atoms with Crippen LogP contribution in [0.3, 0.4) is 0 Å². The zero-order chi connectivity index (χ0) is 16.5. The number of carbonyl (C=O) groups excluding carboxylic acids is 1. The van der Waals surface area contributed by atoms with Crippen LogP contribution in [0.1, 0.15) is 46.5 Å². The molecule has 1 heterocycles. The molecule has 0 bridgehead atoms. The Kier molecular flexibility index (Phi) is 8.88. The molecule has 2 aliphatic rings. The van der Waals surface area contributed by atoms with E-state index in [2.05, 4.69) is 27.4 Å². The molecular weight excluding hydrogens is 360 g/mol. The van der Waals surface area contributed by atoms with Crippen LogP contribution in [0.5, 0.6) is 0 Å². The topological polar surface area (TPSA) is 37.3 Å². The molecule has 2 rings (SSSR count). The van der Waals surface area contributed by atoms with Crippen molar-refractivity contribution < 1.29 is 9.90 Å². The van der Waals surface area contributed by atoms with Crippen molar-refractivity contribution in [3.63, 3.8) is 0 Å². The third-order valence-electron chi connectivity index (χ3n) is 3.56. The van der Waals surface area contributed by atoms with Gasteiger partial charge in [-0.2, -0.15) is 0 Å². The van der Waals surface area contributed by atoms with E-state index in [-0.39, 0.29) is 11.7 Å². The summed E-state index contributed by atoms with van der Waals surface area (Å²) in [5, 5.41) is 11.8. The van der Waals surface area contributed by atoms with Crippen LogP contribution in [0.15, 0.2) is 45.0 Å². The first-order valence-electron chi connectivity index (χ1n) is 7.82. The van der Waals surface area contributed by atoms with Crippen LogP contribution < -0.4 is 0 Å². The summed E-state index contributed by atoms with van der Waals surface area (Å²) in [5.74, 6) is 1.50. The van der Waals surface area contributed by atoms with E-state index in [1.165, 1.54) is 5.57 Å². The first-order chi connectivity index (χ1) is 10.6. The van der Waals surface area contributed by atoms with Gasteiger partial charge < -0.3 is 5.11 Å². The fourth-order valence-corrected chi connectivity index (χ4v) is 3.90. The summed E-state index contributed by atoms with van der Waals surface area (Å²) < 4.78 is 1.07. The summed E-state index contributed by atoms with van der Waals surface area (Å²) in [6.07, 6.45) is 8.63. The molecule has 0 saturated carbocycles. The number of Topliss-reactive ketones (excluding diaryl/α,β-unsaturated/α-hetero) is 1. The summed E-state index contributed by atoms with van der Waals surface area (Å²) in [6.45, 7) is 5.89. The molecule has 0 radical (unpaired) electrons. The van der Waals surface area contributed by atoms with E-state index in [0.717, 1.165) is 28.6 Å². The van der Waals surface area contributed by atoms with Gasteiger partial charge in [0, 0.05) is 22.6 Å². The number of thioether (sulfide) groups is 1. The van der Waals surface area contributed by atoms with Gasteiger partial charge in [-0.1, -0.05) is 41.4 Å². The predicted octanol–water partition coefficient (Wildman–Crippen LogP) is 6.07. The fourth-order valence-electron chi connectivity index (χ4n) is 2.46. The highest BCUT2D eigenvalue weighted by molar-refractivity contribution is 9.12. The van der Waals surface area contributed by atoms with Crippen molar-refractivity contribution in [3.8, 4) is 0 Å². The van der Waals surface area contributed by atoms with Gasteiger partial charge in [0.05, 0.1) is 5.76 Å². The lowest BCUT2D eigenvalue weighted by atomic mass is 9.89. The van der Waals surface area contributed by atoms with Crippen molar-refractivity contribution in [3.05, 3.63) is 45.0 Å². The highest BCUT2D eigenvalue weighted by atomic mass is 79.9. The van der Waals surface area contributed by atoms with Crippen molar-refractivity contribution in [2.45, 2.75) is 46.5 Å². The molecule has 0 spiro atoms. The maximum Gasteiger partial charge on any atom is 0.161 e. The summed E-state index contributed by atoms with van der Waals surface area (Å²) in [5.41, 5.74) is 2.11. The Morgan fingerprint density at radius 1 is 1.36 bits per heavy atom. The van der Waals surface area contributed by atoms with Crippen molar-refractivity contribution >= 4 is 33.5 Å². The molecule has 0 fully saturated rings. The highest BCUT2D eigenvalue weighted by Crippen LogP contribution is 2.30.